The Morgan fingerprint density at radius 1 is 1.30 bits per heavy atom. The minimum absolute atomic E-state index is 0.109. The van der Waals surface area contributed by atoms with E-state index in [1.165, 1.54) is 9.58 Å². The van der Waals surface area contributed by atoms with Gasteiger partial charge in [-0.1, -0.05) is 29.8 Å². The van der Waals surface area contributed by atoms with Crippen molar-refractivity contribution in [3.05, 3.63) is 41.7 Å². The molecule has 0 bridgehead atoms. The maximum absolute atomic E-state index is 12.8. The molecule has 1 atom stereocenters. The molecular formula is C19H26N4O4. The largest absolute Gasteiger partial charge is 0.481 e. The van der Waals surface area contributed by atoms with Crippen LogP contribution in [0.25, 0.3) is 5.69 Å². The second-order valence-electron chi connectivity index (χ2n) is 6.42. The van der Waals surface area contributed by atoms with Gasteiger partial charge in [-0.3, -0.25) is 9.59 Å². The molecular weight excluding hydrogens is 348 g/mol. The topological polar surface area (TPSA) is 97.6 Å². The first-order chi connectivity index (χ1) is 12.9. The Hall–Kier alpha value is -2.74. The van der Waals surface area contributed by atoms with E-state index < -0.39 is 11.9 Å². The maximum Gasteiger partial charge on any atom is 0.308 e. The van der Waals surface area contributed by atoms with Gasteiger partial charge in [0.1, 0.15) is 0 Å². The van der Waals surface area contributed by atoms with Crippen molar-refractivity contribution < 1.29 is 19.4 Å². The van der Waals surface area contributed by atoms with E-state index in [0.29, 0.717) is 26.2 Å². The van der Waals surface area contributed by atoms with Crippen LogP contribution in [0.4, 0.5) is 0 Å². The van der Waals surface area contributed by atoms with Crippen LogP contribution in [0.3, 0.4) is 0 Å². The summed E-state index contributed by atoms with van der Waals surface area (Å²) in [5.41, 5.74) is 2.11. The standard InChI is InChI=1S/C19H26N4O4/c1-4-27-11-5-10-22(12-15(3)19(25)26)18(24)17-13-23(21-20-17)16-8-6-14(2)7-9-16/h6-9,13,15H,4-5,10-12H2,1-3H3,(H,25,26). The molecule has 0 aliphatic rings. The predicted molar refractivity (Wildman–Crippen MR) is 99.9 cm³/mol. The van der Waals surface area contributed by atoms with Crippen LogP contribution < -0.4 is 0 Å². The highest BCUT2D eigenvalue weighted by molar-refractivity contribution is 5.92. The first kappa shape index (κ1) is 20.6. The van der Waals surface area contributed by atoms with E-state index in [1.807, 2.05) is 38.1 Å². The summed E-state index contributed by atoms with van der Waals surface area (Å²) in [6, 6.07) is 7.69. The number of aryl methyl sites for hydroxylation is 1. The number of hydrogen-bond acceptors (Lipinski definition) is 5. The van der Waals surface area contributed by atoms with Gasteiger partial charge in [0.2, 0.25) is 0 Å². The van der Waals surface area contributed by atoms with Crippen molar-refractivity contribution in [1.29, 1.82) is 0 Å². The second kappa shape index (κ2) is 9.82. The molecule has 1 aromatic carbocycles. The minimum atomic E-state index is -0.944. The van der Waals surface area contributed by atoms with E-state index >= 15 is 0 Å². The van der Waals surface area contributed by atoms with Crippen LogP contribution in [0.1, 0.15) is 36.3 Å². The second-order valence-corrected chi connectivity index (χ2v) is 6.42. The maximum atomic E-state index is 12.8. The highest BCUT2D eigenvalue weighted by atomic mass is 16.5. The van der Waals surface area contributed by atoms with Crippen molar-refractivity contribution >= 4 is 11.9 Å². The Balaban J connectivity index is 2.13. The first-order valence-electron chi connectivity index (χ1n) is 9.01. The molecule has 0 spiro atoms. The van der Waals surface area contributed by atoms with E-state index in [2.05, 4.69) is 10.3 Å². The number of carboxylic acid groups (broad SMARTS) is 1. The van der Waals surface area contributed by atoms with E-state index in [0.717, 1.165) is 11.3 Å². The van der Waals surface area contributed by atoms with Crippen LogP contribution in [-0.2, 0) is 9.53 Å². The van der Waals surface area contributed by atoms with Gasteiger partial charge in [-0.15, -0.1) is 5.10 Å². The van der Waals surface area contributed by atoms with Gasteiger partial charge < -0.3 is 14.7 Å². The quantitative estimate of drug-likeness (QED) is 0.640. The number of ether oxygens (including phenoxy) is 1. The lowest BCUT2D eigenvalue weighted by atomic mass is 10.1. The number of nitrogens with zero attached hydrogens (tertiary/aromatic N) is 4. The molecule has 1 aromatic heterocycles. The predicted octanol–water partition coefficient (Wildman–Crippen LogP) is 2.17. The average molecular weight is 374 g/mol. The van der Waals surface area contributed by atoms with Crippen LogP contribution in [0.5, 0.6) is 0 Å². The molecule has 2 aromatic rings. The zero-order valence-electron chi connectivity index (χ0n) is 16.0. The molecule has 1 amide bonds. The van der Waals surface area contributed by atoms with Crippen LogP contribution in [0.15, 0.2) is 30.5 Å². The van der Waals surface area contributed by atoms with Gasteiger partial charge in [0.05, 0.1) is 17.8 Å². The molecule has 0 saturated carbocycles. The van der Waals surface area contributed by atoms with Crippen molar-refractivity contribution in [2.75, 3.05) is 26.3 Å². The number of rotatable bonds is 10. The third-order valence-electron chi connectivity index (χ3n) is 4.13. The van der Waals surface area contributed by atoms with Crippen LogP contribution in [0.2, 0.25) is 0 Å². The van der Waals surface area contributed by atoms with Crippen molar-refractivity contribution in [2.45, 2.75) is 27.2 Å². The number of carboxylic acids is 1. The molecule has 1 heterocycles. The van der Waals surface area contributed by atoms with Gasteiger partial charge >= 0.3 is 5.97 Å². The lowest BCUT2D eigenvalue weighted by molar-refractivity contribution is -0.141. The monoisotopic (exact) mass is 374 g/mol. The summed E-state index contributed by atoms with van der Waals surface area (Å²) in [4.78, 5) is 25.5. The number of aliphatic carboxylic acids is 1. The summed E-state index contributed by atoms with van der Waals surface area (Å²) in [5.74, 6) is -1.95. The van der Waals surface area contributed by atoms with Gasteiger partial charge in [0.15, 0.2) is 5.69 Å². The zero-order chi connectivity index (χ0) is 19.8. The van der Waals surface area contributed by atoms with E-state index in [9.17, 15) is 14.7 Å². The number of benzene rings is 1. The van der Waals surface area contributed by atoms with Crippen LogP contribution >= 0.6 is 0 Å². The normalized spacial score (nSPS) is 12.0. The Kier molecular flexibility index (Phi) is 7.48. The number of hydrogen-bond donors (Lipinski definition) is 1. The van der Waals surface area contributed by atoms with Gasteiger partial charge in [-0.2, -0.15) is 0 Å². The fraction of sp³-hybridized carbons (Fsp3) is 0.474. The highest BCUT2D eigenvalue weighted by Gasteiger charge is 2.23. The Bertz CT molecular complexity index is 757. The van der Waals surface area contributed by atoms with Crippen molar-refractivity contribution in [1.82, 2.24) is 19.9 Å². The molecule has 8 heteroatoms. The molecule has 0 fully saturated rings. The molecule has 1 unspecified atom stereocenters. The molecule has 8 nitrogen and oxygen atoms in total. The molecule has 146 valence electrons. The first-order valence-corrected chi connectivity index (χ1v) is 9.01. The fourth-order valence-electron chi connectivity index (χ4n) is 2.53. The minimum Gasteiger partial charge on any atom is -0.481 e. The summed E-state index contributed by atoms with van der Waals surface area (Å²) in [6.45, 7) is 7.09. The molecule has 0 aliphatic heterocycles. The third kappa shape index (κ3) is 5.89. The number of aromatic nitrogens is 3. The zero-order valence-corrected chi connectivity index (χ0v) is 16.0. The van der Waals surface area contributed by atoms with Crippen molar-refractivity contribution in [3.63, 3.8) is 0 Å². The van der Waals surface area contributed by atoms with Gasteiger partial charge in [0.25, 0.3) is 5.91 Å². The molecule has 0 aliphatic carbocycles. The number of carbonyl (C=O) groups excluding carboxylic acids is 1. The summed E-state index contributed by atoms with van der Waals surface area (Å²) in [7, 11) is 0. The Labute approximate surface area is 158 Å². The molecule has 0 radical (unpaired) electrons. The van der Waals surface area contributed by atoms with Gasteiger partial charge in [0, 0.05) is 26.3 Å². The smallest absolute Gasteiger partial charge is 0.308 e. The average Bonchev–Trinajstić information content (AvgIpc) is 3.14. The van der Waals surface area contributed by atoms with Gasteiger partial charge in [-0.05, 0) is 32.4 Å². The lowest BCUT2D eigenvalue weighted by Gasteiger charge is -2.23. The summed E-state index contributed by atoms with van der Waals surface area (Å²) >= 11 is 0. The summed E-state index contributed by atoms with van der Waals surface area (Å²) in [5, 5.41) is 17.2. The van der Waals surface area contributed by atoms with Crippen molar-refractivity contribution in [2.24, 2.45) is 5.92 Å². The van der Waals surface area contributed by atoms with E-state index in [-0.39, 0.29) is 18.1 Å². The van der Waals surface area contributed by atoms with E-state index in [4.69, 9.17) is 4.74 Å². The molecule has 2 rings (SSSR count). The number of carbonyl (C=O) groups is 2. The summed E-state index contributed by atoms with van der Waals surface area (Å²) < 4.78 is 6.84. The van der Waals surface area contributed by atoms with Crippen molar-refractivity contribution in [3.8, 4) is 5.69 Å². The van der Waals surface area contributed by atoms with Gasteiger partial charge in [-0.25, -0.2) is 4.68 Å². The SMILES string of the molecule is CCOCCCN(CC(C)C(=O)O)C(=O)c1cn(-c2ccc(C)cc2)nn1. The molecule has 1 N–H and O–H groups in total. The van der Waals surface area contributed by atoms with E-state index in [1.54, 1.807) is 13.1 Å². The Morgan fingerprint density at radius 2 is 2.00 bits per heavy atom. The third-order valence-corrected chi connectivity index (χ3v) is 4.13. The van der Waals surface area contributed by atoms with Crippen LogP contribution in [-0.4, -0.2) is 63.2 Å². The molecule has 0 saturated heterocycles. The summed E-state index contributed by atoms with van der Waals surface area (Å²) in [6.07, 6.45) is 2.19. The highest BCUT2D eigenvalue weighted by Crippen LogP contribution is 2.11. The fourth-order valence-corrected chi connectivity index (χ4v) is 2.53. The lowest BCUT2D eigenvalue weighted by Crippen LogP contribution is -2.38. The Morgan fingerprint density at radius 3 is 2.63 bits per heavy atom. The molecule has 27 heavy (non-hydrogen) atoms. The number of amides is 1. The van der Waals surface area contributed by atoms with Crippen LogP contribution in [0, 0.1) is 12.8 Å².